The Morgan fingerprint density at radius 1 is 1.17 bits per heavy atom. The molecule has 1 saturated heterocycles. The molecule has 1 saturated carbocycles. The molecule has 158 valence electrons. The van der Waals surface area contributed by atoms with Crippen molar-refractivity contribution in [1.29, 1.82) is 0 Å². The van der Waals surface area contributed by atoms with Crippen LogP contribution < -0.4 is 9.47 Å². The minimum absolute atomic E-state index is 0.0117. The van der Waals surface area contributed by atoms with Crippen LogP contribution in [0.2, 0.25) is 0 Å². The average Bonchev–Trinajstić information content (AvgIpc) is 3.34. The number of ether oxygens (including phenoxy) is 2. The van der Waals surface area contributed by atoms with Gasteiger partial charge in [0.1, 0.15) is 5.60 Å². The second kappa shape index (κ2) is 6.93. The number of amides is 2. The molecular formula is C21H23N3O6. The fourth-order valence-corrected chi connectivity index (χ4v) is 4.50. The number of nitrogens with zero attached hydrogens (tertiary/aromatic N) is 3. The standard InChI is InChI=1S/C21H23N3O6/c1-21(2,3)30-18-14(24(27)28)7-11(8-15(18)29-4)10-22-23-19(25)16-12-5-6-13(9-12)17(16)20(23)26/h5-8,10,12-13,16-17H,9H2,1-4H3/t12-,13-,16-,17+/m0/s1. The molecule has 4 atom stereocenters. The van der Waals surface area contributed by atoms with Crippen molar-refractivity contribution in [2.75, 3.05) is 7.11 Å². The molecule has 0 spiro atoms. The first-order valence-corrected chi connectivity index (χ1v) is 9.76. The first-order chi connectivity index (χ1) is 14.1. The van der Waals surface area contributed by atoms with Crippen LogP contribution in [0.15, 0.2) is 29.4 Å². The molecule has 4 rings (SSSR count). The van der Waals surface area contributed by atoms with E-state index in [1.807, 2.05) is 12.2 Å². The Bertz CT molecular complexity index is 963. The zero-order valence-electron chi connectivity index (χ0n) is 17.2. The first kappa shape index (κ1) is 20.1. The summed E-state index contributed by atoms with van der Waals surface area (Å²) in [4.78, 5) is 36.5. The number of rotatable bonds is 5. The quantitative estimate of drug-likeness (QED) is 0.241. The molecule has 9 nitrogen and oxygen atoms in total. The summed E-state index contributed by atoms with van der Waals surface area (Å²) in [6.45, 7) is 5.32. The Morgan fingerprint density at radius 3 is 2.27 bits per heavy atom. The summed E-state index contributed by atoms with van der Waals surface area (Å²) in [6.07, 6.45) is 6.12. The summed E-state index contributed by atoms with van der Waals surface area (Å²) in [6, 6.07) is 2.80. The molecule has 3 aliphatic rings. The number of hydrogen-bond donors (Lipinski definition) is 0. The molecule has 1 aromatic carbocycles. The summed E-state index contributed by atoms with van der Waals surface area (Å²) in [7, 11) is 1.38. The Morgan fingerprint density at radius 2 is 1.77 bits per heavy atom. The molecule has 0 radical (unpaired) electrons. The predicted octanol–water partition coefficient (Wildman–Crippen LogP) is 2.92. The van der Waals surface area contributed by atoms with Gasteiger partial charge in [0.05, 0.1) is 30.1 Å². The van der Waals surface area contributed by atoms with Crippen LogP contribution in [0.5, 0.6) is 11.5 Å². The molecule has 0 unspecified atom stereocenters. The van der Waals surface area contributed by atoms with Gasteiger partial charge in [-0.1, -0.05) is 12.2 Å². The van der Waals surface area contributed by atoms with E-state index in [1.54, 1.807) is 20.8 Å². The Hall–Kier alpha value is -3.23. The summed E-state index contributed by atoms with van der Waals surface area (Å²) >= 11 is 0. The molecule has 2 aliphatic carbocycles. The largest absolute Gasteiger partial charge is 0.493 e. The molecule has 0 N–H and O–H groups in total. The minimum atomic E-state index is -0.673. The van der Waals surface area contributed by atoms with Crippen LogP contribution in [0, 0.1) is 33.8 Å². The molecule has 9 heteroatoms. The third-order valence-electron chi connectivity index (χ3n) is 5.65. The van der Waals surface area contributed by atoms with Crippen molar-refractivity contribution in [3.05, 3.63) is 40.0 Å². The highest BCUT2D eigenvalue weighted by molar-refractivity contribution is 6.06. The smallest absolute Gasteiger partial charge is 0.315 e. The Labute approximate surface area is 173 Å². The number of hydrazone groups is 1. The first-order valence-electron chi connectivity index (χ1n) is 9.76. The highest BCUT2D eigenvalue weighted by atomic mass is 16.6. The van der Waals surface area contributed by atoms with Gasteiger partial charge in [-0.05, 0) is 45.1 Å². The topological polar surface area (TPSA) is 111 Å². The van der Waals surface area contributed by atoms with Crippen LogP contribution in [0.1, 0.15) is 32.8 Å². The number of benzene rings is 1. The third kappa shape index (κ3) is 3.24. The van der Waals surface area contributed by atoms with E-state index in [1.165, 1.54) is 25.5 Å². The van der Waals surface area contributed by atoms with Gasteiger partial charge in [-0.15, -0.1) is 0 Å². The van der Waals surface area contributed by atoms with E-state index in [9.17, 15) is 19.7 Å². The molecule has 2 bridgehead atoms. The monoisotopic (exact) mass is 413 g/mol. The van der Waals surface area contributed by atoms with E-state index >= 15 is 0 Å². The second-order valence-electron chi connectivity index (χ2n) is 8.78. The van der Waals surface area contributed by atoms with Gasteiger partial charge in [-0.3, -0.25) is 19.7 Å². The van der Waals surface area contributed by atoms with Gasteiger partial charge in [0.15, 0.2) is 5.75 Å². The molecule has 1 aliphatic heterocycles. The van der Waals surface area contributed by atoms with Crippen LogP contribution in [0.3, 0.4) is 0 Å². The number of hydrogen-bond acceptors (Lipinski definition) is 7. The van der Waals surface area contributed by atoms with Gasteiger partial charge in [-0.25, -0.2) is 0 Å². The van der Waals surface area contributed by atoms with Gasteiger partial charge in [0, 0.05) is 11.6 Å². The van der Waals surface area contributed by atoms with Crippen LogP contribution in [0.25, 0.3) is 0 Å². The third-order valence-corrected chi connectivity index (χ3v) is 5.65. The lowest BCUT2D eigenvalue weighted by molar-refractivity contribution is -0.386. The number of carbonyl (C=O) groups excluding carboxylic acids is 2. The van der Waals surface area contributed by atoms with Crippen molar-refractivity contribution in [1.82, 2.24) is 5.01 Å². The van der Waals surface area contributed by atoms with E-state index in [4.69, 9.17) is 9.47 Å². The maximum Gasteiger partial charge on any atom is 0.315 e. The summed E-state index contributed by atoms with van der Waals surface area (Å²) in [5, 5.41) is 16.6. The predicted molar refractivity (Wildman–Crippen MR) is 107 cm³/mol. The number of methoxy groups -OCH3 is 1. The van der Waals surface area contributed by atoms with Gasteiger partial charge in [-0.2, -0.15) is 10.1 Å². The second-order valence-corrected chi connectivity index (χ2v) is 8.78. The van der Waals surface area contributed by atoms with Crippen molar-refractivity contribution in [2.45, 2.75) is 32.8 Å². The van der Waals surface area contributed by atoms with Crippen molar-refractivity contribution in [2.24, 2.45) is 28.8 Å². The van der Waals surface area contributed by atoms with Gasteiger partial charge in [0.2, 0.25) is 5.75 Å². The number of carbonyl (C=O) groups is 2. The van der Waals surface area contributed by atoms with Crippen molar-refractivity contribution in [3.63, 3.8) is 0 Å². The van der Waals surface area contributed by atoms with Gasteiger partial charge in [0.25, 0.3) is 11.8 Å². The normalized spacial score (nSPS) is 27.3. The molecular weight excluding hydrogens is 390 g/mol. The van der Waals surface area contributed by atoms with Crippen LogP contribution >= 0.6 is 0 Å². The number of imide groups is 1. The fraction of sp³-hybridized carbons (Fsp3) is 0.476. The minimum Gasteiger partial charge on any atom is -0.493 e. The number of fused-ring (bicyclic) bond motifs is 5. The molecule has 1 aromatic rings. The molecule has 0 aromatic heterocycles. The summed E-state index contributed by atoms with van der Waals surface area (Å²) < 4.78 is 11.0. The summed E-state index contributed by atoms with van der Waals surface area (Å²) in [5.74, 6) is -0.971. The molecule has 2 amide bonds. The number of nitro benzene ring substituents is 1. The Kier molecular flexibility index (Phi) is 4.63. The van der Waals surface area contributed by atoms with Crippen molar-refractivity contribution < 1.29 is 24.0 Å². The number of nitro groups is 1. The lowest BCUT2D eigenvalue weighted by atomic mass is 9.85. The maximum atomic E-state index is 12.7. The highest BCUT2D eigenvalue weighted by Gasteiger charge is 2.59. The zero-order valence-corrected chi connectivity index (χ0v) is 17.2. The lowest BCUT2D eigenvalue weighted by Gasteiger charge is -2.22. The van der Waals surface area contributed by atoms with Crippen LogP contribution in [-0.2, 0) is 9.59 Å². The van der Waals surface area contributed by atoms with E-state index in [-0.39, 0.29) is 52.7 Å². The molecule has 30 heavy (non-hydrogen) atoms. The van der Waals surface area contributed by atoms with E-state index < -0.39 is 10.5 Å². The van der Waals surface area contributed by atoms with Crippen molar-refractivity contribution >= 4 is 23.7 Å². The lowest BCUT2D eigenvalue weighted by Crippen LogP contribution is -2.28. The van der Waals surface area contributed by atoms with Gasteiger partial charge < -0.3 is 9.47 Å². The zero-order chi connectivity index (χ0) is 21.8. The van der Waals surface area contributed by atoms with Crippen LogP contribution in [-0.4, -0.2) is 40.7 Å². The van der Waals surface area contributed by atoms with E-state index in [0.29, 0.717) is 5.56 Å². The molecule has 2 fully saturated rings. The average molecular weight is 413 g/mol. The van der Waals surface area contributed by atoms with E-state index in [2.05, 4.69) is 5.10 Å². The molecule has 1 heterocycles. The number of allylic oxidation sites excluding steroid dienone is 2. The van der Waals surface area contributed by atoms with Crippen LogP contribution in [0.4, 0.5) is 5.69 Å². The van der Waals surface area contributed by atoms with Gasteiger partial charge >= 0.3 is 5.69 Å². The summed E-state index contributed by atoms with van der Waals surface area (Å²) in [5.41, 5.74) is -0.643. The fourth-order valence-electron chi connectivity index (χ4n) is 4.50. The maximum absolute atomic E-state index is 12.7. The Balaban J connectivity index is 1.64. The van der Waals surface area contributed by atoms with E-state index in [0.717, 1.165) is 11.4 Å². The highest BCUT2D eigenvalue weighted by Crippen LogP contribution is 2.52. The SMILES string of the molecule is COc1cc(C=NN2C(=O)[C@@H]3[C@H](C2=O)[C@H]2C=C[C@H]3C2)cc([N+](=O)[O-])c1OC(C)(C)C. The van der Waals surface area contributed by atoms with Crippen molar-refractivity contribution in [3.8, 4) is 11.5 Å².